The highest BCUT2D eigenvalue weighted by molar-refractivity contribution is 5.80. The van der Waals surface area contributed by atoms with Gasteiger partial charge in [-0.05, 0) is 34.4 Å². The molecule has 1 atom stereocenters. The molecule has 0 bridgehead atoms. The van der Waals surface area contributed by atoms with E-state index >= 15 is 0 Å². The largest absolute Gasteiger partial charge is 0.477 e. The van der Waals surface area contributed by atoms with Crippen molar-refractivity contribution in [2.45, 2.75) is 31.9 Å². The van der Waals surface area contributed by atoms with Crippen LogP contribution < -0.4 is 4.90 Å². The number of anilines is 1. The van der Waals surface area contributed by atoms with E-state index < -0.39 is 18.0 Å². The summed E-state index contributed by atoms with van der Waals surface area (Å²) in [7, 11) is 0. The topological polar surface area (TPSA) is 128 Å². The number of halogens is 2. The Morgan fingerprint density at radius 1 is 1.08 bits per heavy atom. The number of aliphatic hydroxyl groups is 1. The predicted molar refractivity (Wildman–Crippen MR) is 128 cm³/mol. The number of carboxylic acid groups (broad SMARTS) is 1. The van der Waals surface area contributed by atoms with E-state index in [0.717, 1.165) is 22.3 Å². The molecule has 0 amide bonds. The number of H-pyrrole nitrogens is 1. The van der Waals surface area contributed by atoms with Gasteiger partial charge < -0.3 is 15.1 Å². The molecule has 0 aliphatic heterocycles. The molecule has 0 aliphatic carbocycles. The second-order valence-corrected chi connectivity index (χ2v) is 8.15. The molecule has 0 saturated carbocycles. The predicted octanol–water partition coefficient (Wildman–Crippen LogP) is 4.10. The van der Waals surface area contributed by atoms with Crippen molar-refractivity contribution >= 4 is 11.8 Å². The van der Waals surface area contributed by atoms with Gasteiger partial charge >= 0.3 is 11.9 Å². The van der Waals surface area contributed by atoms with Gasteiger partial charge in [0.1, 0.15) is 5.82 Å². The minimum Gasteiger partial charge on any atom is -0.477 e. The monoisotopic (exact) mass is 494 g/mol. The number of aliphatic carboxylic acids is 1. The van der Waals surface area contributed by atoms with Gasteiger partial charge in [-0.15, -0.1) is 10.2 Å². The van der Waals surface area contributed by atoms with Gasteiger partial charge in [-0.1, -0.05) is 61.5 Å². The van der Waals surface area contributed by atoms with Crippen molar-refractivity contribution in [2.24, 2.45) is 0 Å². The summed E-state index contributed by atoms with van der Waals surface area (Å²) in [6.07, 6.45) is -0.440. The maximum Gasteiger partial charge on any atom is 0.377 e. The molecule has 2 aromatic carbocycles. The summed E-state index contributed by atoms with van der Waals surface area (Å²) in [4.78, 5) is 17.0. The lowest BCUT2D eigenvalue weighted by Crippen LogP contribution is -2.37. The zero-order chi connectivity index (χ0) is 25.7. The Morgan fingerprint density at radius 2 is 1.81 bits per heavy atom. The normalized spacial score (nSPS) is 12.3. The van der Waals surface area contributed by atoms with Crippen LogP contribution in [0.25, 0.3) is 22.5 Å². The first kappa shape index (κ1) is 24.9. The zero-order valence-electron chi connectivity index (χ0n) is 19.3. The van der Waals surface area contributed by atoms with Crippen LogP contribution in [-0.4, -0.2) is 54.3 Å². The van der Waals surface area contributed by atoms with Crippen molar-refractivity contribution in [1.82, 2.24) is 25.6 Å². The molecule has 2 aromatic heterocycles. The Kier molecular flexibility index (Phi) is 7.30. The third-order valence-corrected chi connectivity index (χ3v) is 5.68. The Morgan fingerprint density at radius 3 is 2.44 bits per heavy atom. The number of rotatable bonds is 10. The van der Waals surface area contributed by atoms with E-state index in [4.69, 9.17) is 5.11 Å². The van der Waals surface area contributed by atoms with Gasteiger partial charge in [-0.2, -0.15) is 14.0 Å². The molecule has 2 heterocycles. The Balaban J connectivity index is 1.62. The van der Waals surface area contributed by atoms with Gasteiger partial charge in [-0.25, -0.2) is 9.78 Å². The van der Waals surface area contributed by atoms with Crippen LogP contribution in [0.3, 0.4) is 0 Å². The minimum atomic E-state index is -4.36. The quantitative estimate of drug-likeness (QED) is 0.301. The van der Waals surface area contributed by atoms with Crippen molar-refractivity contribution in [3.8, 4) is 22.5 Å². The number of aromatic amines is 1. The van der Waals surface area contributed by atoms with Crippen LogP contribution in [0.1, 0.15) is 30.6 Å². The average Bonchev–Trinajstić information content (AvgIpc) is 3.43. The summed E-state index contributed by atoms with van der Waals surface area (Å²) in [5.41, 5.74) is 3.29. The number of benzene rings is 2. The number of nitrogens with zero attached hydrogens (tertiary/aromatic N) is 5. The van der Waals surface area contributed by atoms with Gasteiger partial charge in [0.05, 0.1) is 0 Å². The Labute approximate surface area is 205 Å². The number of hydrogen-bond donors (Lipinski definition) is 3. The number of carbonyl (C=O) groups is 1. The Hall–Kier alpha value is -4.25. The van der Waals surface area contributed by atoms with Crippen LogP contribution in [0.5, 0.6) is 0 Å². The first-order chi connectivity index (χ1) is 17.3. The third kappa shape index (κ3) is 5.05. The van der Waals surface area contributed by atoms with Crippen LogP contribution in [-0.2, 0) is 11.3 Å². The van der Waals surface area contributed by atoms with Crippen LogP contribution in [0.15, 0.2) is 66.9 Å². The van der Waals surface area contributed by atoms with E-state index in [-0.39, 0.29) is 11.4 Å². The molecule has 9 nitrogen and oxygen atoms in total. The summed E-state index contributed by atoms with van der Waals surface area (Å²) in [6, 6.07) is 18.0. The highest BCUT2D eigenvalue weighted by atomic mass is 19.3. The number of hydrogen-bond acceptors (Lipinski definition) is 7. The number of aromatic nitrogens is 5. The van der Waals surface area contributed by atoms with Gasteiger partial charge in [0.15, 0.2) is 6.10 Å². The van der Waals surface area contributed by atoms with Gasteiger partial charge in [0, 0.05) is 30.4 Å². The standard InChI is InChI=1S/C25H24F2N6O3/c1-2-14-33(23-20(8-5-13-28-23)21(34)25(26,27)24(35)36)15-16-9-11-17(12-10-16)18-6-3-4-7-19(18)22-29-31-32-30-22/h3-13,21,34H,2,14-15H2,1H3,(H,35,36)(H,29,30,31,32). The van der Waals surface area contributed by atoms with Crippen molar-refractivity contribution in [2.75, 3.05) is 11.4 Å². The first-order valence-electron chi connectivity index (χ1n) is 11.2. The maximum absolute atomic E-state index is 14.1. The van der Waals surface area contributed by atoms with Crippen LogP contribution >= 0.6 is 0 Å². The Bertz CT molecular complexity index is 1320. The average molecular weight is 495 g/mol. The molecule has 186 valence electrons. The fourth-order valence-corrected chi connectivity index (χ4v) is 3.94. The molecular weight excluding hydrogens is 470 g/mol. The number of carboxylic acids is 1. The SMILES string of the molecule is CCCN(Cc1ccc(-c2ccccc2-c2nn[nH]n2)cc1)c1ncccc1C(O)C(F)(F)C(=O)O. The number of tetrazole rings is 1. The molecule has 36 heavy (non-hydrogen) atoms. The highest BCUT2D eigenvalue weighted by Crippen LogP contribution is 2.36. The lowest BCUT2D eigenvalue weighted by Gasteiger charge is -2.28. The second-order valence-electron chi connectivity index (χ2n) is 8.15. The van der Waals surface area contributed by atoms with Crippen LogP contribution in [0.4, 0.5) is 14.6 Å². The lowest BCUT2D eigenvalue weighted by molar-refractivity contribution is -0.182. The van der Waals surface area contributed by atoms with Crippen LogP contribution in [0, 0.1) is 0 Å². The van der Waals surface area contributed by atoms with E-state index in [1.165, 1.54) is 18.3 Å². The summed E-state index contributed by atoms with van der Waals surface area (Å²) in [6.45, 7) is 2.70. The van der Waals surface area contributed by atoms with E-state index in [1.54, 1.807) is 4.90 Å². The molecule has 0 aliphatic rings. The molecule has 11 heteroatoms. The minimum absolute atomic E-state index is 0.110. The van der Waals surface area contributed by atoms with E-state index in [0.29, 0.717) is 25.3 Å². The summed E-state index contributed by atoms with van der Waals surface area (Å²) < 4.78 is 28.2. The van der Waals surface area contributed by atoms with Crippen molar-refractivity contribution in [1.29, 1.82) is 0 Å². The lowest BCUT2D eigenvalue weighted by atomic mass is 9.98. The fraction of sp³-hybridized carbons (Fsp3) is 0.240. The van der Waals surface area contributed by atoms with Crippen molar-refractivity contribution in [3.63, 3.8) is 0 Å². The first-order valence-corrected chi connectivity index (χ1v) is 11.2. The number of pyridine rings is 1. The maximum atomic E-state index is 14.1. The molecule has 0 saturated heterocycles. The smallest absolute Gasteiger partial charge is 0.377 e. The molecular formula is C25H24F2N6O3. The van der Waals surface area contributed by atoms with E-state index in [9.17, 15) is 18.7 Å². The van der Waals surface area contributed by atoms with E-state index in [1.807, 2.05) is 55.5 Å². The molecule has 1 unspecified atom stereocenters. The van der Waals surface area contributed by atoms with Gasteiger partial charge in [-0.3, -0.25) is 0 Å². The number of alkyl halides is 2. The molecule has 3 N–H and O–H groups in total. The van der Waals surface area contributed by atoms with E-state index in [2.05, 4.69) is 25.6 Å². The molecule has 0 radical (unpaired) electrons. The summed E-state index contributed by atoms with van der Waals surface area (Å²) >= 11 is 0. The number of nitrogens with one attached hydrogen (secondary N) is 1. The summed E-state index contributed by atoms with van der Waals surface area (Å²) in [5.74, 6) is -6.17. The molecule has 4 aromatic rings. The third-order valence-electron chi connectivity index (χ3n) is 5.68. The molecule has 4 rings (SSSR count). The molecule has 0 spiro atoms. The van der Waals surface area contributed by atoms with Crippen molar-refractivity contribution < 1.29 is 23.8 Å². The summed E-state index contributed by atoms with van der Waals surface area (Å²) in [5, 5.41) is 33.3. The van der Waals surface area contributed by atoms with Gasteiger partial charge in [0.25, 0.3) is 0 Å². The second kappa shape index (κ2) is 10.6. The molecule has 0 fully saturated rings. The van der Waals surface area contributed by atoms with Crippen LogP contribution in [0.2, 0.25) is 0 Å². The highest BCUT2D eigenvalue weighted by Gasteiger charge is 2.49. The zero-order valence-corrected chi connectivity index (χ0v) is 19.3. The van der Waals surface area contributed by atoms with Gasteiger partial charge in [0.2, 0.25) is 5.82 Å². The van der Waals surface area contributed by atoms with Crippen molar-refractivity contribution in [3.05, 3.63) is 78.0 Å². The fourth-order valence-electron chi connectivity index (χ4n) is 3.94. The number of aliphatic hydroxyl groups excluding tert-OH is 1.